The van der Waals surface area contributed by atoms with E-state index in [1.54, 1.807) is 54.5 Å². The number of carbonyl (C=O) groups excluding carboxylic acids is 1. The van der Waals surface area contributed by atoms with Gasteiger partial charge < -0.3 is 19.1 Å². The van der Waals surface area contributed by atoms with Crippen molar-refractivity contribution in [2.45, 2.75) is 33.3 Å². The summed E-state index contributed by atoms with van der Waals surface area (Å²) in [5.74, 6) is 1.42. The number of hydrogen-bond acceptors (Lipinski definition) is 4. The molecule has 6 heteroatoms. The Morgan fingerprint density at radius 1 is 1.00 bits per heavy atom. The number of amides is 1. The van der Waals surface area contributed by atoms with Crippen LogP contribution in [0.4, 0.5) is 10.1 Å². The zero-order valence-electron chi connectivity index (χ0n) is 20.0. The van der Waals surface area contributed by atoms with Crippen LogP contribution in [0.1, 0.15) is 27.2 Å². The third-order valence-corrected chi connectivity index (χ3v) is 5.59. The molecule has 5 nitrogen and oxygen atoms in total. The molecule has 0 bridgehead atoms. The quantitative estimate of drug-likeness (QED) is 0.424. The lowest BCUT2D eigenvalue weighted by Crippen LogP contribution is -2.32. The fourth-order valence-corrected chi connectivity index (χ4v) is 3.83. The molecule has 1 heterocycles. The number of methoxy groups -OCH3 is 1. The molecule has 4 rings (SSSR count). The summed E-state index contributed by atoms with van der Waals surface area (Å²) in [6, 6.07) is 19.3. The maximum absolute atomic E-state index is 14.0. The number of ether oxygens (including phenoxy) is 3. The molecule has 1 aliphatic heterocycles. The second-order valence-corrected chi connectivity index (χ2v) is 9.57. The summed E-state index contributed by atoms with van der Waals surface area (Å²) in [7, 11) is 1.59. The molecule has 34 heavy (non-hydrogen) atoms. The molecule has 3 aromatic rings. The first kappa shape index (κ1) is 23.6. The summed E-state index contributed by atoms with van der Waals surface area (Å²) in [4.78, 5) is 14.8. The predicted octanol–water partition coefficient (Wildman–Crippen LogP) is 6.11. The lowest BCUT2D eigenvalue weighted by atomic mass is 9.99. The van der Waals surface area contributed by atoms with Gasteiger partial charge in [0.05, 0.1) is 13.7 Å². The Balaban J connectivity index is 1.43. The average molecular weight is 464 g/mol. The van der Waals surface area contributed by atoms with E-state index in [2.05, 4.69) is 20.8 Å². The van der Waals surface area contributed by atoms with Gasteiger partial charge in [-0.1, -0.05) is 51.1 Å². The van der Waals surface area contributed by atoms with Crippen LogP contribution in [0.5, 0.6) is 17.2 Å². The first-order valence-corrected chi connectivity index (χ1v) is 11.4. The van der Waals surface area contributed by atoms with Gasteiger partial charge in [0.15, 0.2) is 17.6 Å². The Morgan fingerprint density at radius 2 is 1.74 bits per heavy atom. The molecule has 3 aromatic carbocycles. The standard InChI is InChI=1S/C28H30FNO4/c1-28(2,3)18-33-24-14-11-20(17-26(24)32-4)30-16-15-25(27(30)31)34-21-12-9-19(10-13-21)22-7-5-6-8-23(22)29/h5-14,17,25H,15-16,18H2,1-4H3. The summed E-state index contributed by atoms with van der Waals surface area (Å²) >= 11 is 0. The highest BCUT2D eigenvalue weighted by Gasteiger charge is 2.34. The van der Waals surface area contributed by atoms with E-state index in [1.807, 2.05) is 18.2 Å². The van der Waals surface area contributed by atoms with Gasteiger partial charge in [-0.05, 0) is 41.3 Å². The topological polar surface area (TPSA) is 48.0 Å². The molecule has 0 radical (unpaired) electrons. The van der Waals surface area contributed by atoms with Crippen LogP contribution in [-0.2, 0) is 4.79 Å². The highest BCUT2D eigenvalue weighted by atomic mass is 19.1. The first-order chi connectivity index (χ1) is 16.2. The molecule has 0 N–H and O–H groups in total. The minimum Gasteiger partial charge on any atom is -0.493 e. The van der Waals surface area contributed by atoms with Crippen molar-refractivity contribution in [1.29, 1.82) is 0 Å². The van der Waals surface area contributed by atoms with Crippen molar-refractivity contribution in [3.8, 4) is 28.4 Å². The van der Waals surface area contributed by atoms with Crippen LogP contribution in [0.2, 0.25) is 0 Å². The summed E-state index contributed by atoms with van der Waals surface area (Å²) in [6.07, 6.45) is -0.0134. The number of rotatable bonds is 7. The molecule has 1 aliphatic rings. The summed E-state index contributed by atoms with van der Waals surface area (Å²) in [6.45, 7) is 7.40. The van der Waals surface area contributed by atoms with E-state index in [-0.39, 0.29) is 17.1 Å². The molecule has 0 spiro atoms. The van der Waals surface area contributed by atoms with Gasteiger partial charge in [0.1, 0.15) is 11.6 Å². The van der Waals surface area contributed by atoms with E-state index in [1.165, 1.54) is 6.07 Å². The van der Waals surface area contributed by atoms with Crippen molar-refractivity contribution in [3.63, 3.8) is 0 Å². The monoisotopic (exact) mass is 463 g/mol. The van der Waals surface area contributed by atoms with Gasteiger partial charge in [0.25, 0.3) is 5.91 Å². The molecule has 0 aromatic heterocycles. The Kier molecular flexibility index (Phi) is 6.77. The van der Waals surface area contributed by atoms with Crippen molar-refractivity contribution >= 4 is 11.6 Å². The highest BCUT2D eigenvalue weighted by molar-refractivity contribution is 5.99. The molecular weight excluding hydrogens is 433 g/mol. The smallest absolute Gasteiger partial charge is 0.268 e. The first-order valence-electron chi connectivity index (χ1n) is 11.4. The van der Waals surface area contributed by atoms with Crippen molar-refractivity contribution in [2.24, 2.45) is 5.41 Å². The number of nitrogens with zero attached hydrogens (tertiary/aromatic N) is 1. The number of hydrogen-bond donors (Lipinski definition) is 0. The normalized spacial score (nSPS) is 16.0. The molecule has 1 amide bonds. The average Bonchev–Trinajstić information content (AvgIpc) is 3.18. The predicted molar refractivity (Wildman–Crippen MR) is 131 cm³/mol. The van der Waals surface area contributed by atoms with Crippen LogP contribution in [0.3, 0.4) is 0 Å². The zero-order chi connectivity index (χ0) is 24.3. The van der Waals surface area contributed by atoms with E-state index < -0.39 is 6.10 Å². The molecule has 1 unspecified atom stereocenters. The summed E-state index contributed by atoms with van der Waals surface area (Å²) < 4.78 is 31.4. The minimum absolute atomic E-state index is 0.0205. The van der Waals surface area contributed by atoms with Crippen LogP contribution >= 0.6 is 0 Å². The summed E-state index contributed by atoms with van der Waals surface area (Å²) in [5, 5.41) is 0. The lowest BCUT2D eigenvalue weighted by Gasteiger charge is -2.22. The molecule has 1 atom stereocenters. The number of carbonyl (C=O) groups is 1. The van der Waals surface area contributed by atoms with Gasteiger partial charge in [0.2, 0.25) is 0 Å². The highest BCUT2D eigenvalue weighted by Crippen LogP contribution is 2.35. The van der Waals surface area contributed by atoms with Crippen molar-refractivity contribution in [2.75, 3.05) is 25.2 Å². The Labute approximate surface area is 200 Å². The third-order valence-electron chi connectivity index (χ3n) is 5.59. The fourth-order valence-electron chi connectivity index (χ4n) is 3.83. The van der Waals surface area contributed by atoms with E-state index in [0.717, 1.165) is 11.3 Å². The van der Waals surface area contributed by atoms with E-state index in [9.17, 15) is 9.18 Å². The molecular formula is C28H30FNO4. The van der Waals surface area contributed by atoms with Crippen LogP contribution in [0.25, 0.3) is 11.1 Å². The van der Waals surface area contributed by atoms with E-state index in [4.69, 9.17) is 14.2 Å². The molecule has 0 aliphatic carbocycles. The van der Waals surface area contributed by atoms with Gasteiger partial charge in [0, 0.05) is 30.3 Å². The van der Waals surface area contributed by atoms with E-state index in [0.29, 0.717) is 42.4 Å². The van der Waals surface area contributed by atoms with Crippen molar-refractivity contribution in [1.82, 2.24) is 0 Å². The maximum atomic E-state index is 14.0. The number of anilines is 1. The van der Waals surface area contributed by atoms with Crippen LogP contribution in [0, 0.1) is 11.2 Å². The number of benzene rings is 3. The third kappa shape index (κ3) is 5.33. The zero-order valence-corrected chi connectivity index (χ0v) is 20.0. The fraction of sp³-hybridized carbons (Fsp3) is 0.321. The molecule has 1 fully saturated rings. The van der Waals surface area contributed by atoms with Gasteiger partial charge in [-0.2, -0.15) is 0 Å². The van der Waals surface area contributed by atoms with Gasteiger partial charge in [-0.15, -0.1) is 0 Å². The molecule has 178 valence electrons. The van der Waals surface area contributed by atoms with Crippen LogP contribution in [-0.4, -0.2) is 32.3 Å². The molecule has 0 saturated carbocycles. The SMILES string of the molecule is COc1cc(N2CCC(Oc3ccc(-c4ccccc4F)cc3)C2=O)ccc1OCC(C)(C)C. The largest absolute Gasteiger partial charge is 0.493 e. The Morgan fingerprint density at radius 3 is 2.41 bits per heavy atom. The van der Waals surface area contributed by atoms with Gasteiger partial charge >= 0.3 is 0 Å². The number of halogens is 1. The van der Waals surface area contributed by atoms with Crippen LogP contribution < -0.4 is 19.1 Å². The summed E-state index contributed by atoms with van der Waals surface area (Å²) in [5.41, 5.74) is 2.05. The van der Waals surface area contributed by atoms with Crippen molar-refractivity contribution < 1.29 is 23.4 Å². The Bertz CT molecular complexity index is 1150. The second-order valence-electron chi connectivity index (χ2n) is 9.57. The van der Waals surface area contributed by atoms with Gasteiger partial charge in [-0.3, -0.25) is 4.79 Å². The van der Waals surface area contributed by atoms with E-state index >= 15 is 0 Å². The second kappa shape index (κ2) is 9.75. The molecule has 1 saturated heterocycles. The van der Waals surface area contributed by atoms with Crippen LogP contribution in [0.15, 0.2) is 66.7 Å². The minimum atomic E-state index is -0.581. The Hall–Kier alpha value is -3.54. The maximum Gasteiger partial charge on any atom is 0.268 e. The van der Waals surface area contributed by atoms with Gasteiger partial charge in [-0.25, -0.2) is 4.39 Å². The van der Waals surface area contributed by atoms with Crippen molar-refractivity contribution in [3.05, 3.63) is 72.5 Å². The lowest BCUT2D eigenvalue weighted by molar-refractivity contribution is -0.122.